The maximum absolute atomic E-state index is 6.04. The van der Waals surface area contributed by atoms with Crippen molar-refractivity contribution in [2.75, 3.05) is 23.3 Å². The highest BCUT2D eigenvalue weighted by molar-refractivity contribution is 9.10. The molecule has 0 unspecified atom stereocenters. The maximum Gasteiger partial charge on any atom is 0.139 e. The van der Waals surface area contributed by atoms with Gasteiger partial charge >= 0.3 is 0 Å². The molecule has 0 fully saturated rings. The van der Waals surface area contributed by atoms with Gasteiger partial charge in [0, 0.05) is 45.6 Å². The maximum atomic E-state index is 6.04. The molecule has 0 saturated carbocycles. The highest BCUT2D eigenvalue weighted by atomic mass is 79.9. The Labute approximate surface area is 248 Å². The molecule has 0 aliphatic carbocycles. The topological polar surface area (TPSA) is 76.7 Å². The van der Waals surface area contributed by atoms with Gasteiger partial charge in [-0.2, -0.15) is 0 Å². The normalized spacial score (nSPS) is 13.5. The SMILES string of the molecule is Cc1nnc2n1-c1ccc(Br)cc1N(c1ccc(Cl)cc1)CC2.Cc1nnc2n1-c1ccc(Br)cc1NCC2. The van der Waals surface area contributed by atoms with Crippen LogP contribution in [0.4, 0.5) is 17.1 Å². The number of nitrogens with zero attached hydrogens (tertiary/aromatic N) is 7. The Kier molecular flexibility index (Phi) is 7.18. The number of rotatable bonds is 1. The molecule has 0 radical (unpaired) electrons. The van der Waals surface area contributed by atoms with Gasteiger partial charge in [0.15, 0.2) is 0 Å². The third-order valence-electron chi connectivity index (χ3n) is 6.81. The monoisotopic (exact) mass is 666 g/mol. The molecule has 0 spiro atoms. The number of anilines is 3. The molecule has 11 heteroatoms. The Hall–Kier alpha value is -3.21. The van der Waals surface area contributed by atoms with Crippen molar-refractivity contribution in [2.24, 2.45) is 0 Å². The summed E-state index contributed by atoms with van der Waals surface area (Å²) in [6.07, 6.45) is 1.73. The number of hydrogen-bond acceptors (Lipinski definition) is 6. The van der Waals surface area contributed by atoms with Crippen LogP contribution in [-0.4, -0.2) is 42.6 Å². The molecule has 8 nitrogen and oxygen atoms in total. The Morgan fingerprint density at radius 1 is 0.718 bits per heavy atom. The van der Waals surface area contributed by atoms with Crippen molar-refractivity contribution in [1.82, 2.24) is 29.5 Å². The number of aryl methyl sites for hydroxylation is 2. The quantitative estimate of drug-likeness (QED) is 0.208. The average molecular weight is 669 g/mol. The molecule has 4 heterocycles. The first-order chi connectivity index (χ1) is 18.9. The summed E-state index contributed by atoms with van der Waals surface area (Å²) in [7, 11) is 0. The van der Waals surface area contributed by atoms with Crippen LogP contribution in [-0.2, 0) is 12.8 Å². The molecule has 0 saturated heterocycles. The van der Waals surface area contributed by atoms with Gasteiger partial charge in [-0.25, -0.2) is 0 Å². The van der Waals surface area contributed by atoms with Crippen LogP contribution in [0.25, 0.3) is 11.4 Å². The van der Waals surface area contributed by atoms with Gasteiger partial charge < -0.3 is 10.2 Å². The van der Waals surface area contributed by atoms with Crippen molar-refractivity contribution in [2.45, 2.75) is 26.7 Å². The molecular formula is C28H25Br2ClN8. The highest BCUT2D eigenvalue weighted by Crippen LogP contribution is 2.37. The summed E-state index contributed by atoms with van der Waals surface area (Å²) in [6.45, 7) is 5.69. The fraction of sp³-hybridized carbons (Fsp3) is 0.214. The molecule has 2 aromatic heterocycles. The molecule has 198 valence electrons. The van der Waals surface area contributed by atoms with E-state index in [0.717, 1.165) is 91.6 Å². The molecule has 2 aliphatic heterocycles. The number of halogens is 3. The van der Waals surface area contributed by atoms with Gasteiger partial charge in [-0.15, -0.1) is 20.4 Å². The Morgan fingerprint density at radius 3 is 2.05 bits per heavy atom. The van der Waals surface area contributed by atoms with E-state index in [0.29, 0.717) is 0 Å². The molecule has 2 aliphatic rings. The molecule has 0 bridgehead atoms. The van der Waals surface area contributed by atoms with Crippen molar-refractivity contribution >= 4 is 60.5 Å². The van der Waals surface area contributed by atoms with Crippen LogP contribution >= 0.6 is 43.5 Å². The van der Waals surface area contributed by atoms with E-state index < -0.39 is 0 Å². The standard InChI is InChI=1S/C17H14BrClN4.C11H11BrN4/c1-11-20-21-17-8-9-22(14-5-3-13(19)4-6-14)16-10-12(18)2-7-15(16)23(11)17;1-7-14-15-11-4-5-13-9-6-8(12)2-3-10(9)16(7)11/h2-7,10H,8-9H2,1H3;2-3,6,13H,4-5H2,1H3. The summed E-state index contributed by atoms with van der Waals surface area (Å²) < 4.78 is 6.37. The van der Waals surface area contributed by atoms with Crippen LogP contribution in [0.1, 0.15) is 23.3 Å². The smallest absolute Gasteiger partial charge is 0.139 e. The van der Waals surface area contributed by atoms with Crippen LogP contribution in [0.15, 0.2) is 69.6 Å². The second kappa shape index (κ2) is 10.7. The lowest BCUT2D eigenvalue weighted by atomic mass is 10.2. The van der Waals surface area contributed by atoms with Crippen LogP contribution in [0.5, 0.6) is 0 Å². The van der Waals surface area contributed by atoms with Gasteiger partial charge in [-0.3, -0.25) is 9.13 Å². The first-order valence-corrected chi connectivity index (χ1v) is 14.5. The third-order valence-corrected chi connectivity index (χ3v) is 8.05. The molecule has 0 atom stereocenters. The Morgan fingerprint density at radius 2 is 1.33 bits per heavy atom. The van der Waals surface area contributed by atoms with E-state index in [2.05, 4.69) is 95.9 Å². The van der Waals surface area contributed by atoms with Gasteiger partial charge in [0.1, 0.15) is 23.3 Å². The summed E-state index contributed by atoms with van der Waals surface area (Å²) in [6, 6.07) is 20.4. The lowest BCUT2D eigenvalue weighted by molar-refractivity contribution is 0.838. The highest BCUT2D eigenvalue weighted by Gasteiger charge is 2.24. The van der Waals surface area contributed by atoms with Gasteiger partial charge in [0.2, 0.25) is 0 Å². The van der Waals surface area contributed by atoms with E-state index in [4.69, 9.17) is 11.6 Å². The summed E-state index contributed by atoms with van der Waals surface area (Å²) in [4.78, 5) is 2.30. The Balaban J connectivity index is 0.000000151. The van der Waals surface area contributed by atoms with E-state index in [1.54, 1.807) is 0 Å². The van der Waals surface area contributed by atoms with Gasteiger partial charge in [0.25, 0.3) is 0 Å². The second-order valence-corrected chi connectivity index (χ2v) is 11.6. The largest absolute Gasteiger partial charge is 0.383 e. The molecule has 3 aromatic carbocycles. The zero-order valence-electron chi connectivity index (χ0n) is 21.4. The zero-order valence-corrected chi connectivity index (χ0v) is 25.3. The molecule has 5 aromatic rings. The lowest BCUT2D eigenvalue weighted by Gasteiger charge is -2.25. The number of benzene rings is 3. The summed E-state index contributed by atoms with van der Waals surface area (Å²) >= 11 is 13.1. The predicted octanol–water partition coefficient (Wildman–Crippen LogP) is 6.99. The molecule has 39 heavy (non-hydrogen) atoms. The first-order valence-electron chi connectivity index (χ1n) is 12.6. The van der Waals surface area contributed by atoms with E-state index in [-0.39, 0.29) is 0 Å². The van der Waals surface area contributed by atoms with Crippen molar-refractivity contribution in [1.29, 1.82) is 0 Å². The van der Waals surface area contributed by atoms with Crippen molar-refractivity contribution in [3.05, 3.63) is 97.9 Å². The molecule has 7 rings (SSSR count). The average Bonchev–Trinajstić information content (AvgIpc) is 3.35. The minimum absolute atomic E-state index is 0.742. The van der Waals surface area contributed by atoms with Gasteiger partial charge in [-0.05, 0) is 74.5 Å². The molecule has 1 N–H and O–H groups in total. The summed E-state index contributed by atoms with van der Waals surface area (Å²) in [5, 5.41) is 21.1. The van der Waals surface area contributed by atoms with Crippen LogP contribution in [0, 0.1) is 13.8 Å². The van der Waals surface area contributed by atoms with Crippen molar-refractivity contribution < 1.29 is 0 Å². The number of nitrogens with one attached hydrogen (secondary N) is 1. The molecule has 0 amide bonds. The van der Waals surface area contributed by atoms with Crippen molar-refractivity contribution in [3.8, 4) is 11.4 Å². The zero-order chi connectivity index (χ0) is 27.1. The number of aromatic nitrogens is 6. The van der Waals surface area contributed by atoms with Gasteiger partial charge in [0.05, 0.1) is 22.7 Å². The fourth-order valence-corrected chi connectivity index (χ4v) is 5.88. The fourth-order valence-electron chi connectivity index (χ4n) is 5.04. The minimum Gasteiger partial charge on any atom is -0.383 e. The molecular weight excluding hydrogens is 644 g/mol. The summed E-state index contributed by atoms with van der Waals surface area (Å²) in [5.74, 6) is 3.84. The lowest BCUT2D eigenvalue weighted by Crippen LogP contribution is -2.19. The van der Waals surface area contributed by atoms with Crippen LogP contribution in [0.2, 0.25) is 5.02 Å². The van der Waals surface area contributed by atoms with E-state index >= 15 is 0 Å². The van der Waals surface area contributed by atoms with E-state index in [1.165, 1.54) is 0 Å². The minimum atomic E-state index is 0.742. The van der Waals surface area contributed by atoms with E-state index in [1.807, 2.05) is 50.2 Å². The first kappa shape index (κ1) is 26.0. The van der Waals surface area contributed by atoms with Crippen molar-refractivity contribution in [3.63, 3.8) is 0 Å². The third kappa shape index (κ3) is 5.08. The second-order valence-electron chi connectivity index (χ2n) is 9.35. The van der Waals surface area contributed by atoms with Gasteiger partial charge in [-0.1, -0.05) is 43.5 Å². The Bertz CT molecular complexity index is 1660. The van der Waals surface area contributed by atoms with E-state index in [9.17, 15) is 0 Å². The predicted molar refractivity (Wildman–Crippen MR) is 162 cm³/mol. The van der Waals surface area contributed by atoms with Crippen LogP contribution in [0.3, 0.4) is 0 Å². The van der Waals surface area contributed by atoms with Crippen LogP contribution < -0.4 is 10.2 Å². The number of fused-ring (bicyclic) bond motifs is 6. The summed E-state index contributed by atoms with van der Waals surface area (Å²) in [5.41, 5.74) is 5.58. The number of hydrogen-bond donors (Lipinski definition) is 1.